The lowest BCUT2D eigenvalue weighted by molar-refractivity contribution is 0.660. The fourth-order valence-corrected chi connectivity index (χ4v) is 12.4. The third-order valence-electron chi connectivity index (χ3n) is 15.6. The van der Waals surface area contributed by atoms with Crippen LogP contribution in [0.1, 0.15) is 54.1 Å². The van der Waals surface area contributed by atoms with Crippen LogP contribution in [0.5, 0.6) is 0 Å². The van der Waals surface area contributed by atoms with Crippen LogP contribution in [0.25, 0.3) is 55.6 Å². The Balaban J connectivity index is 1.01. The van der Waals surface area contributed by atoms with E-state index in [4.69, 9.17) is 4.11 Å². The highest BCUT2D eigenvalue weighted by molar-refractivity contribution is 5.99. The van der Waals surface area contributed by atoms with Crippen LogP contribution in [0.2, 0.25) is 0 Å². The Morgan fingerprint density at radius 3 is 1.29 bits per heavy atom. The molecule has 14 rings (SSSR count). The Bertz CT molecular complexity index is 4170. The van der Waals surface area contributed by atoms with Crippen LogP contribution in [0.3, 0.4) is 0 Å². The van der Waals surface area contributed by atoms with Gasteiger partial charge in [0.2, 0.25) is 0 Å². The molecule has 2 nitrogen and oxygen atoms in total. The smallest absolute Gasteiger partial charge is 0.0727 e. The molecule has 0 heterocycles. The molecular weight excluding hydrogens is 869 g/mol. The average molecular weight is 924 g/mol. The van der Waals surface area contributed by atoms with Gasteiger partial charge < -0.3 is 9.80 Å². The molecule has 11 aromatic rings. The number of rotatable bonds is 8. The van der Waals surface area contributed by atoms with E-state index < -0.39 is 11.5 Å². The van der Waals surface area contributed by atoms with Crippen molar-refractivity contribution in [3.05, 3.63) is 300 Å². The number of anilines is 6. The van der Waals surface area contributed by atoms with E-state index in [-0.39, 0.29) is 35.1 Å². The second-order valence-corrected chi connectivity index (χ2v) is 19.6. The average Bonchev–Trinajstić information content (AvgIpc) is 4.26. The SMILES string of the molecule is [2H]c1c([2H])c([2H])c(-c2ccccc2N(c2ccc3c(c2)C(C)(C)c2ccccc2-3)c2ccc3c(c2)C2(c4ccccc4-c4ccc(N(c5ccccc5)c5ccc(-c6ccccc6)cc5)cc42)c2ccccc2-3)c([2H])c1[2H]. The van der Waals surface area contributed by atoms with E-state index in [0.29, 0.717) is 11.3 Å². The molecule has 1 atom stereocenters. The van der Waals surface area contributed by atoms with E-state index in [9.17, 15) is 2.74 Å². The zero-order valence-corrected chi connectivity index (χ0v) is 39.9. The van der Waals surface area contributed by atoms with Gasteiger partial charge in [0.1, 0.15) is 0 Å². The van der Waals surface area contributed by atoms with Crippen LogP contribution >= 0.6 is 0 Å². The molecule has 340 valence electrons. The molecule has 0 saturated heterocycles. The number of nitrogens with zero attached hydrogens (tertiary/aromatic N) is 2. The zero-order valence-electron chi connectivity index (χ0n) is 44.9. The Hall–Kier alpha value is -8.98. The quantitative estimate of drug-likeness (QED) is 0.150. The summed E-state index contributed by atoms with van der Waals surface area (Å²) in [6.45, 7) is 4.56. The molecule has 3 aliphatic rings. The first-order valence-corrected chi connectivity index (χ1v) is 24.8. The normalized spacial score (nSPS) is 15.9. The summed E-state index contributed by atoms with van der Waals surface area (Å²) in [7, 11) is 0. The summed E-state index contributed by atoms with van der Waals surface area (Å²) in [4.78, 5) is 4.59. The van der Waals surface area contributed by atoms with Gasteiger partial charge >= 0.3 is 0 Å². The minimum Gasteiger partial charge on any atom is -0.310 e. The molecule has 0 radical (unpaired) electrons. The third kappa shape index (κ3) is 6.22. The van der Waals surface area contributed by atoms with Crippen molar-refractivity contribution in [2.24, 2.45) is 0 Å². The summed E-state index contributed by atoms with van der Waals surface area (Å²) in [5, 5.41) is 0. The van der Waals surface area contributed by atoms with E-state index in [2.05, 4.69) is 230 Å². The van der Waals surface area contributed by atoms with Crippen LogP contribution in [-0.2, 0) is 10.8 Å². The molecule has 0 aromatic heterocycles. The highest BCUT2D eigenvalue weighted by Crippen LogP contribution is 2.64. The van der Waals surface area contributed by atoms with Crippen molar-refractivity contribution in [1.82, 2.24) is 0 Å². The van der Waals surface area contributed by atoms with Crippen LogP contribution < -0.4 is 9.80 Å². The monoisotopic (exact) mass is 923 g/mol. The van der Waals surface area contributed by atoms with E-state index in [1.165, 1.54) is 61.2 Å². The van der Waals surface area contributed by atoms with Crippen molar-refractivity contribution in [2.75, 3.05) is 9.80 Å². The van der Waals surface area contributed by atoms with Crippen LogP contribution in [0.15, 0.2) is 267 Å². The first-order chi connectivity index (χ1) is 37.5. The Kier molecular flexibility index (Phi) is 8.36. The highest BCUT2D eigenvalue weighted by atomic mass is 15.1. The van der Waals surface area contributed by atoms with E-state index in [1.807, 2.05) is 30.3 Å². The van der Waals surface area contributed by atoms with E-state index >= 15 is 0 Å². The zero-order chi connectivity index (χ0) is 52.3. The van der Waals surface area contributed by atoms with Gasteiger partial charge in [-0.15, -0.1) is 0 Å². The number of benzene rings is 11. The molecule has 1 unspecified atom stereocenters. The summed E-state index contributed by atoms with van der Waals surface area (Å²) in [5.74, 6) is 0. The maximum absolute atomic E-state index is 9.28. The Morgan fingerprint density at radius 2 is 0.694 bits per heavy atom. The van der Waals surface area contributed by atoms with Crippen molar-refractivity contribution in [1.29, 1.82) is 0 Å². The molecule has 0 saturated carbocycles. The number of hydrogen-bond acceptors (Lipinski definition) is 2. The predicted octanol–water partition coefficient (Wildman–Crippen LogP) is 18.6. The molecule has 0 aliphatic heterocycles. The molecule has 72 heavy (non-hydrogen) atoms. The van der Waals surface area contributed by atoms with Gasteiger partial charge in [0, 0.05) is 39.4 Å². The standard InChI is InChI=1S/C70H50N2/c1-69(2)62-30-16-12-27-56(62)59-41-39-53(44-65(59)69)72(68-33-19-15-26-55(68)49-22-8-4-9-23-49)54-40-43-61-58-29-14-18-32-64(58)70(67(61)46-54)63-31-17-13-28-57(63)60-42-38-52(45-66(60)70)71(50-24-10-5-11-25-50)51-36-34-48(35-37-51)47-20-6-3-7-21-47/h3-46H,1-2H3/i4D,8D,9D,22D,23D. The minimum atomic E-state index is -0.747. The Labute approximate surface area is 429 Å². The summed E-state index contributed by atoms with van der Waals surface area (Å²) in [6.07, 6.45) is 0. The van der Waals surface area contributed by atoms with E-state index in [1.54, 1.807) is 0 Å². The molecule has 0 N–H and O–H groups in total. The van der Waals surface area contributed by atoms with Gasteiger partial charge in [0.05, 0.1) is 18.0 Å². The first kappa shape index (κ1) is 36.9. The first-order valence-electron chi connectivity index (χ1n) is 27.3. The molecule has 0 bridgehead atoms. The van der Waals surface area contributed by atoms with Gasteiger partial charge in [-0.25, -0.2) is 0 Å². The van der Waals surface area contributed by atoms with Gasteiger partial charge in [-0.1, -0.05) is 214 Å². The summed E-state index contributed by atoms with van der Waals surface area (Å²) in [5.41, 5.74) is 21.8. The molecule has 1 spiro atoms. The predicted molar refractivity (Wildman–Crippen MR) is 301 cm³/mol. The minimum absolute atomic E-state index is 0.152. The summed E-state index contributed by atoms with van der Waals surface area (Å²) < 4.78 is 44.7. The molecule has 0 amide bonds. The van der Waals surface area contributed by atoms with Crippen molar-refractivity contribution < 1.29 is 6.85 Å². The fraction of sp³-hybridized carbons (Fsp3) is 0.0571. The lowest BCUT2D eigenvalue weighted by Gasteiger charge is -2.34. The van der Waals surface area contributed by atoms with Gasteiger partial charge in [0.15, 0.2) is 0 Å². The third-order valence-corrected chi connectivity index (χ3v) is 15.6. The maximum atomic E-state index is 9.28. The maximum Gasteiger partial charge on any atom is 0.0727 e. The van der Waals surface area contributed by atoms with Crippen LogP contribution in [0, 0.1) is 0 Å². The summed E-state index contributed by atoms with van der Waals surface area (Å²) in [6, 6.07) is 82.9. The lowest BCUT2D eigenvalue weighted by atomic mass is 9.70. The van der Waals surface area contributed by atoms with Crippen molar-refractivity contribution in [2.45, 2.75) is 24.7 Å². The molecule has 11 aromatic carbocycles. The summed E-state index contributed by atoms with van der Waals surface area (Å²) >= 11 is 0. The van der Waals surface area contributed by atoms with Gasteiger partial charge in [0.25, 0.3) is 0 Å². The van der Waals surface area contributed by atoms with E-state index in [0.717, 1.165) is 45.1 Å². The number of hydrogen-bond donors (Lipinski definition) is 0. The van der Waals surface area contributed by atoms with Crippen molar-refractivity contribution >= 4 is 34.1 Å². The molecule has 2 heteroatoms. The number of fused-ring (bicyclic) bond motifs is 13. The molecular formula is C70H50N2. The van der Waals surface area contributed by atoms with Gasteiger partial charge in [-0.3, -0.25) is 0 Å². The van der Waals surface area contributed by atoms with Crippen molar-refractivity contribution in [3.63, 3.8) is 0 Å². The van der Waals surface area contributed by atoms with Crippen LogP contribution in [-0.4, -0.2) is 0 Å². The fourth-order valence-electron chi connectivity index (χ4n) is 12.4. The Morgan fingerprint density at radius 1 is 0.292 bits per heavy atom. The van der Waals surface area contributed by atoms with Gasteiger partial charge in [-0.05, 0) is 150 Å². The topological polar surface area (TPSA) is 6.48 Å². The second kappa shape index (κ2) is 16.3. The second-order valence-electron chi connectivity index (χ2n) is 19.6. The molecule has 0 fully saturated rings. The largest absolute Gasteiger partial charge is 0.310 e. The molecule has 3 aliphatic carbocycles. The highest BCUT2D eigenvalue weighted by Gasteiger charge is 2.52. The van der Waals surface area contributed by atoms with Crippen molar-refractivity contribution in [3.8, 4) is 55.6 Å². The number of para-hydroxylation sites is 2. The van der Waals surface area contributed by atoms with Crippen LogP contribution in [0.4, 0.5) is 34.1 Å². The lowest BCUT2D eigenvalue weighted by Crippen LogP contribution is -2.26. The van der Waals surface area contributed by atoms with Gasteiger partial charge in [-0.2, -0.15) is 0 Å².